The van der Waals surface area contributed by atoms with E-state index in [0.717, 1.165) is 16.5 Å². The Hall–Kier alpha value is -1.61. The van der Waals surface area contributed by atoms with Crippen LogP contribution in [0.1, 0.15) is 12.5 Å². The van der Waals surface area contributed by atoms with E-state index in [0.29, 0.717) is 19.0 Å². The predicted molar refractivity (Wildman–Crippen MR) is 60.8 cm³/mol. The smallest absolute Gasteiger partial charge is 0.218 e. The van der Waals surface area contributed by atoms with E-state index in [1.54, 1.807) is 0 Å². The molecule has 78 valence electrons. The highest BCUT2D eigenvalue weighted by molar-refractivity contribution is 5.79. The lowest BCUT2D eigenvalue weighted by molar-refractivity contribution is 0.324. The van der Waals surface area contributed by atoms with E-state index in [9.17, 15) is 0 Å². The van der Waals surface area contributed by atoms with Crippen molar-refractivity contribution in [3.63, 3.8) is 0 Å². The fourth-order valence-corrected chi connectivity index (χ4v) is 1.55. The van der Waals surface area contributed by atoms with E-state index in [1.165, 1.54) is 0 Å². The molecule has 0 atom stereocenters. The molecular formula is C12H14N2O. The van der Waals surface area contributed by atoms with Crippen molar-refractivity contribution in [2.24, 2.45) is 5.73 Å². The molecule has 1 heterocycles. The van der Waals surface area contributed by atoms with Gasteiger partial charge >= 0.3 is 0 Å². The quantitative estimate of drug-likeness (QED) is 0.829. The van der Waals surface area contributed by atoms with Gasteiger partial charge in [0.1, 0.15) is 0 Å². The van der Waals surface area contributed by atoms with Gasteiger partial charge in [0.2, 0.25) is 5.88 Å². The molecule has 0 spiro atoms. The van der Waals surface area contributed by atoms with Crippen molar-refractivity contribution in [3.05, 3.63) is 35.9 Å². The molecule has 3 nitrogen and oxygen atoms in total. The number of nitrogens with zero attached hydrogens (tertiary/aromatic N) is 1. The number of hydrogen-bond acceptors (Lipinski definition) is 3. The van der Waals surface area contributed by atoms with Crippen molar-refractivity contribution in [1.29, 1.82) is 0 Å². The summed E-state index contributed by atoms with van der Waals surface area (Å²) in [5, 5.41) is 1.10. The summed E-state index contributed by atoms with van der Waals surface area (Å²) >= 11 is 0. The molecule has 0 bridgehead atoms. The Labute approximate surface area is 88.9 Å². The van der Waals surface area contributed by atoms with Crippen LogP contribution in [0.3, 0.4) is 0 Å². The number of aromatic nitrogens is 1. The molecule has 1 aromatic heterocycles. The van der Waals surface area contributed by atoms with Crippen LogP contribution in [0.2, 0.25) is 0 Å². The SMILES string of the molecule is CCOc1nc2ccccc2cc1CN. The average Bonchev–Trinajstić information content (AvgIpc) is 2.28. The summed E-state index contributed by atoms with van der Waals surface area (Å²) in [6.07, 6.45) is 0. The molecule has 0 radical (unpaired) electrons. The zero-order chi connectivity index (χ0) is 10.7. The van der Waals surface area contributed by atoms with Crippen molar-refractivity contribution in [2.75, 3.05) is 6.61 Å². The molecule has 15 heavy (non-hydrogen) atoms. The topological polar surface area (TPSA) is 48.1 Å². The molecule has 2 N–H and O–H groups in total. The van der Waals surface area contributed by atoms with Gasteiger partial charge in [-0.05, 0) is 19.1 Å². The second-order valence-corrected chi connectivity index (χ2v) is 3.28. The molecule has 0 amide bonds. The summed E-state index contributed by atoms with van der Waals surface area (Å²) in [6.45, 7) is 3.00. The van der Waals surface area contributed by atoms with Gasteiger partial charge in [0.15, 0.2) is 0 Å². The molecule has 0 aliphatic rings. The fourth-order valence-electron chi connectivity index (χ4n) is 1.55. The van der Waals surface area contributed by atoms with Crippen LogP contribution in [0.15, 0.2) is 30.3 Å². The first-order valence-electron chi connectivity index (χ1n) is 5.06. The summed E-state index contributed by atoms with van der Waals surface area (Å²) in [7, 11) is 0. The first kappa shape index (κ1) is 9.93. The van der Waals surface area contributed by atoms with Crippen molar-refractivity contribution >= 4 is 10.9 Å². The van der Waals surface area contributed by atoms with E-state index in [1.807, 2.05) is 37.3 Å². The predicted octanol–water partition coefficient (Wildman–Crippen LogP) is 2.09. The molecule has 3 heteroatoms. The first-order valence-corrected chi connectivity index (χ1v) is 5.06. The molecule has 0 saturated carbocycles. The Morgan fingerprint density at radius 3 is 2.87 bits per heavy atom. The lowest BCUT2D eigenvalue weighted by Gasteiger charge is -2.08. The zero-order valence-electron chi connectivity index (χ0n) is 8.73. The van der Waals surface area contributed by atoms with Crippen LogP contribution >= 0.6 is 0 Å². The second kappa shape index (κ2) is 4.28. The highest BCUT2D eigenvalue weighted by atomic mass is 16.5. The number of pyridine rings is 1. The van der Waals surface area contributed by atoms with Crippen LogP contribution < -0.4 is 10.5 Å². The summed E-state index contributed by atoms with van der Waals surface area (Å²) in [5.41, 5.74) is 7.55. The standard InChI is InChI=1S/C12H14N2O/c1-2-15-12-10(8-13)7-9-5-3-4-6-11(9)14-12/h3-7H,2,8,13H2,1H3. The number of benzene rings is 1. The van der Waals surface area contributed by atoms with Crippen LogP contribution in [0.25, 0.3) is 10.9 Å². The minimum atomic E-state index is 0.452. The van der Waals surface area contributed by atoms with E-state index >= 15 is 0 Å². The maximum absolute atomic E-state index is 5.65. The van der Waals surface area contributed by atoms with Gasteiger partial charge in [0.25, 0.3) is 0 Å². The van der Waals surface area contributed by atoms with E-state index < -0.39 is 0 Å². The summed E-state index contributed by atoms with van der Waals surface area (Å²) in [5.74, 6) is 0.652. The van der Waals surface area contributed by atoms with Gasteiger partial charge in [0.05, 0.1) is 12.1 Å². The Balaban J connectivity index is 2.58. The first-order chi connectivity index (χ1) is 7.35. The Bertz CT molecular complexity index is 468. The van der Waals surface area contributed by atoms with Gasteiger partial charge in [-0.2, -0.15) is 0 Å². The number of rotatable bonds is 3. The maximum Gasteiger partial charge on any atom is 0.218 e. The van der Waals surface area contributed by atoms with Crippen LogP contribution in [-0.4, -0.2) is 11.6 Å². The third kappa shape index (κ3) is 1.92. The third-order valence-corrected chi connectivity index (χ3v) is 2.26. The lowest BCUT2D eigenvalue weighted by atomic mass is 10.1. The monoisotopic (exact) mass is 202 g/mol. The van der Waals surface area contributed by atoms with Gasteiger partial charge in [0, 0.05) is 17.5 Å². The van der Waals surface area contributed by atoms with Gasteiger partial charge in [-0.25, -0.2) is 4.98 Å². The van der Waals surface area contributed by atoms with Crippen LogP contribution in [0, 0.1) is 0 Å². The highest BCUT2D eigenvalue weighted by Gasteiger charge is 2.05. The molecule has 0 aliphatic carbocycles. The normalized spacial score (nSPS) is 10.5. The van der Waals surface area contributed by atoms with E-state index in [2.05, 4.69) is 4.98 Å². The average molecular weight is 202 g/mol. The zero-order valence-corrected chi connectivity index (χ0v) is 8.73. The number of para-hydroxylation sites is 1. The second-order valence-electron chi connectivity index (χ2n) is 3.28. The maximum atomic E-state index is 5.65. The Morgan fingerprint density at radius 2 is 2.13 bits per heavy atom. The van der Waals surface area contributed by atoms with Crippen molar-refractivity contribution in [2.45, 2.75) is 13.5 Å². The number of nitrogens with two attached hydrogens (primary N) is 1. The summed E-state index contributed by atoms with van der Waals surface area (Å²) in [4.78, 5) is 4.43. The molecule has 0 fully saturated rings. The Morgan fingerprint density at radius 1 is 1.33 bits per heavy atom. The molecule has 0 unspecified atom stereocenters. The largest absolute Gasteiger partial charge is 0.478 e. The van der Waals surface area contributed by atoms with Gasteiger partial charge in [-0.15, -0.1) is 0 Å². The molecule has 1 aromatic carbocycles. The molecular weight excluding hydrogens is 188 g/mol. The number of ether oxygens (including phenoxy) is 1. The number of hydrogen-bond donors (Lipinski definition) is 1. The van der Waals surface area contributed by atoms with E-state index in [4.69, 9.17) is 10.5 Å². The third-order valence-electron chi connectivity index (χ3n) is 2.26. The Kier molecular flexibility index (Phi) is 2.83. The van der Waals surface area contributed by atoms with Crippen molar-refractivity contribution < 1.29 is 4.74 Å². The summed E-state index contributed by atoms with van der Waals surface area (Å²) in [6, 6.07) is 9.99. The van der Waals surface area contributed by atoms with Gasteiger partial charge in [-0.1, -0.05) is 18.2 Å². The molecule has 2 aromatic rings. The minimum Gasteiger partial charge on any atom is -0.478 e. The summed E-state index contributed by atoms with van der Waals surface area (Å²) < 4.78 is 5.44. The lowest BCUT2D eigenvalue weighted by Crippen LogP contribution is -2.04. The fraction of sp³-hybridized carbons (Fsp3) is 0.250. The van der Waals surface area contributed by atoms with E-state index in [-0.39, 0.29) is 0 Å². The minimum absolute atomic E-state index is 0.452. The molecule has 2 rings (SSSR count). The van der Waals surface area contributed by atoms with Crippen molar-refractivity contribution in [1.82, 2.24) is 4.98 Å². The van der Waals surface area contributed by atoms with Crippen LogP contribution in [0.4, 0.5) is 0 Å². The molecule has 0 aliphatic heterocycles. The molecule has 0 saturated heterocycles. The highest BCUT2D eigenvalue weighted by Crippen LogP contribution is 2.21. The van der Waals surface area contributed by atoms with Gasteiger partial charge in [-0.3, -0.25) is 0 Å². The van der Waals surface area contributed by atoms with Crippen LogP contribution in [0.5, 0.6) is 5.88 Å². The van der Waals surface area contributed by atoms with Crippen molar-refractivity contribution in [3.8, 4) is 5.88 Å². The van der Waals surface area contributed by atoms with Gasteiger partial charge < -0.3 is 10.5 Å². The number of fused-ring (bicyclic) bond motifs is 1. The van der Waals surface area contributed by atoms with Crippen LogP contribution in [-0.2, 0) is 6.54 Å².